The lowest BCUT2D eigenvalue weighted by atomic mass is 10.1. The van der Waals surface area contributed by atoms with Gasteiger partial charge >= 0.3 is 6.18 Å². The van der Waals surface area contributed by atoms with Crippen molar-refractivity contribution in [2.75, 3.05) is 17.6 Å². The summed E-state index contributed by atoms with van der Waals surface area (Å²) in [6.07, 6.45) is -1.97. The van der Waals surface area contributed by atoms with Gasteiger partial charge in [-0.15, -0.1) is 0 Å². The van der Waals surface area contributed by atoms with Crippen LogP contribution in [0.3, 0.4) is 0 Å². The summed E-state index contributed by atoms with van der Waals surface area (Å²) in [5.74, 6) is 0. The van der Waals surface area contributed by atoms with Crippen molar-refractivity contribution in [3.63, 3.8) is 0 Å². The van der Waals surface area contributed by atoms with Crippen LogP contribution in [-0.2, 0) is 19.6 Å². The molecule has 0 saturated carbocycles. The van der Waals surface area contributed by atoms with Gasteiger partial charge < -0.3 is 11.1 Å². The molecule has 4 nitrogen and oxygen atoms in total. The van der Waals surface area contributed by atoms with E-state index in [1.807, 2.05) is 13.1 Å². The second kappa shape index (κ2) is 5.44. The first kappa shape index (κ1) is 14.2. The Morgan fingerprint density at radius 1 is 1.30 bits per heavy atom. The quantitative estimate of drug-likeness (QED) is 0.849. The molecule has 2 aromatic rings. The molecule has 1 aromatic carbocycles. The molecule has 0 spiro atoms. The van der Waals surface area contributed by atoms with E-state index in [4.69, 9.17) is 5.73 Å². The molecule has 0 fully saturated rings. The molecule has 0 aliphatic rings. The molecule has 1 heterocycles. The molecule has 0 aliphatic heterocycles. The van der Waals surface area contributed by atoms with Crippen LogP contribution in [0.25, 0.3) is 0 Å². The van der Waals surface area contributed by atoms with Crippen molar-refractivity contribution in [1.29, 1.82) is 0 Å². The minimum absolute atomic E-state index is 0.0878. The van der Waals surface area contributed by atoms with Crippen LogP contribution in [0.2, 0.25) is 0 Å². The summed E-state index contributed by atoms with van der Waals surface area (Å²) in [5, 5.41) is 7.06. The second-order valence-electron chi connectivity index (χ2n) is 4.42. The summed E-state index contributed by atoms with van der Waals surface area (Å²) in [4.78, 5) is 0. The molecule has 7 heteroatoms. The van der Waals surface area contributed by atoms with Crippen LogP contribution in [0.5, 0.6) is 0 Å². The Balaban J connectivity index is 1.98. The third-order valence-electron chi connectivity index (χ3n) is 3.00. The summed E-state index contributed by atoms with van der Waals surface area (Å²) in [5.41, 5.74) is 6.50. The zero-order valence-electron chi connectivity index (χ0n) is 10.9. The highest BCUT2D eigenvalue weighted by Gasteiger charge is 2.30. The normalized spacial score (nSPS) is 11.6. The number of nitrogens with two attached hydrogens (primary N) is 1. The Kier molecular flexibility index (Phi) is 3.87. The maximum Gasteiger partial charge on any atom is 0.416 e. The van der Waals surface area contributed by atoms with Gasteiger partial charge in [-0.2, -0.15) is 18.3 Å². The third-order valence-corrected chi connectivity index (χ3v) is 3.00. The zero-order valence-corrected chi connectivity index (χ0v) is 10.9. The Hall–Kier alpha value is -2.18. The highest BCUT2D eigenvalue weighted by Crippen LogP contribution is 2.32. The zero-order chi connectivity index (χ0) is 14.8. The topological polar surface area (TPSA) is 55.9 Å². The molecule has 0 aliphatic carbocycles. The average molecular weight is 284 g/mol. The van der Waals surface area contributed by atoms with Gasteiger partial charge in [0, 0.05) is 31.9 Å². The molecule has 0 amide bonds. The Morgan fingerprint density at radius 2 is 2.05 bits per heavy atom. The Labute approximate surface area is 114 Å². The van der Waals surface area contributed by atoms with Crippen molar-refractivity contribution in [3.05, 3.63) is 41.7 Å². The largest absolute Gasteiger partial charge is 0.416 e. The molecule has 0 radical (unpaired) electrons. The SMILES string of the molecule is Cn1nccc1CCNc1ccc(C(F)(F)F)cc1N. The van der Waals surface area contributed by atoms with Crippen LogP contribution < -0.4 is 11.1 Å². The minimum Gasteiger partial charge on any atom is -0.397 e. The fourth-order valence-electron chi connectivity index (χ4n) is 1.87. The lowest BCUT2D eigenvalue weighted by molar-refractivity contribution is -0.137. The van der Waals surface area contributed by atoms with Gasteiger partial charge in [-0.25, -0.2) is 0 Å². The van der Waals surface area contributed by atoms with Gasteiger partial charge in [0.05, 0.1) is 16.9 Å². The van der Waals surface area contributed by atoms with Gasteiger partial charge in [0.2, 0.25) is 0 Å². The number of nitrogen functional groups attached to an aromatic ring is 1. The van der Waals surface area contributed by atoms with Gasteiger partial charge in [-0.1, -0.05) is 0 Å². The van der Waals surface area contributed by atoms with Crippen LogP contribution in [0, 0.1) is 0 Å². The predicted octanol–water partition coefficient (Wildman–Crippen LogP) is 2.68. The van der Waals surface area contributed by atoms with Gasteiger partial charge in [0.1, 0.15) is 0 Å². The van der Waals surface area contributed by atoms with Crippen molar-refractivity contribution >= 4 is 11.4 Å². The van der Waals surface area contributed by atoms with E-state index >= 15 is 0 Å². The smallest absolute Gasteiger partial charge is 0.397 e. The number of rotatable bonds is 4. The number of aromatic nitrogens is 2. The molecular weight excluding hydrogens is 269 g/mol. The molecule has 0 unspecified atom stereocenters. The molecule has 2 rings (SSSR count). The summed E-state index contributed by atoms with van der Waals surface area (Å²) >= 11 is 0. The monoisotopic (exact) mass is 284 g/mol. The van der Waals surface area contributed by atoms with E-state index in [2.05, 4.69) is 10.4 Å². The van der Waals surface area contributed by atoms with Gasteiger partial charge in [-0.05, 0) is 24.3 Å². The molecule has 3 N–H and O–H groups in total. The van der Waals surface area contributed by atoms with E-state index < -0.39 is 11.7 Å². The van der Waals surface area contributed by atoms with E-state index in [9.17, 15) is 13.2 Å². The number of hydrogen-bond donors (Lipinski definition) is 2. The molecule has 20 heavy (non-hydrogen) atoms. The molecule has 0 bridgehead atoms. The van der Waals surface area contributed by atoms with Gasteiger partial charge in [0.25, 0.3) is 0 Å². The lowest BCUT2D eigenvalue weighted by Crippen LogP contribution is -2.11. The van der Waals surface area contributed by atoms with Crippen molar-refractivity contribution in [1.82, 2.24) is 9.78 Å². The van der Waals surface area contributed by atoms with Crippen LogP contribution in [0.1, 0.15) is 11.3 Å². The van der Waals surface area contributed by atoms with E-state index in [0.29, 0.717) is 18.7 Å². The van der Waals surface area contributed by atoms with E-state index in [0.717, 1.165) is 17.8 Å². The Morgan fingerprint density at radius 3 is 2.60 bits per heavy atom. The molecule has 1 aromatic heterocycles. The van der Waals surface area contributed by atoms with Crippen LogP contribution in [0.4, 0.5) is 24.5 Å². The lowest BCUT2D eigenvalue weighted by Gasteiger charge is -2.12. The van der Waals surface area contributed by atoms with Gasteiger partial charge in [0.15, 0.2) is 0 Å². The van der Waals surface area contributed by atoms with Crippen molar-refractivity contribution < 1.29 is 13.2 Å². The summed E-state index contributed by atoms with van der Waals surface area (Å²) in [7, 11) is 1.84. The first-order valence-electron chi connectivity index (χ1n) is 6.05. The fraction of sp³-hybridized carbons (Fsp3) is 0.308. The van der Waals surface area contributed by atoms with Crippen molar-refractivity contribution in [2.45, 2.75) is 12.6 Å². The van der Waals surface area contributed by atoms with Crippen LogP contribution in [0.15, 0.2) is 30.5 Å². The maximum atomic E-state index is 12.5. The highest BCUT2D eigenvalue weighted by molar-refractivity contribution is 5.67. The van der Waals surface area contributed by atoms with E-state index in [1.54, 1.807) is 10.9 Å². The molecule has 108 valence electrons. The fourth-order valence-corrected chi connectivity index (χ4v) is 1.87. The predicted molar refractivity (Wildman–Crippen MR) is 71.3 cm³/mol. The highest BCUT2D eigenvalue weighted by atomic mass is 19.4. The van der Waals surface area contributed by atoms with Crippen molar-refractivity contribution in [2.24, 2.45) is 7.05 Å². The summed E-state index contributed by atoms with van der Waals surface area (Å²) in [6, 6.07) is 5.19. The minimum atomic E-state index is -4.37. The number of anilines is 2. The third kappa shape index (κ3) is 3.23. The molecular formula is C13H15F3N4. The van der Waals surface area contributed by atoms with Crippen LogP contribution >= 0.6 is 0 Å². The average Bonchev–Trinajstić information content (AvgIpc) is 2.76. The van der Waals surface area contributed by atoms with Gasteiger partial charge in [-0.3, -0.25) is 4.68 Å². The number of nitrogens with one attached hydrogen (secondary N) is 1. The van der Waals surface area contributed by atoms with E-state index in [-0.39, 0.29) is 5.69 Å². The number of alkyl halides is 3. The first-order valence-corrected chi connectivity index (χ1v) is 6.05. The number of hydrogen-bond acceptors (Lipinski definition) is 3. The van der Waals surface area contributed by atoms with Crippen molar-refractivity contribution in [3.8, 4) is 0 Å². The number of benzene rings is 1. The summed E-state index contributed by atoms with van der Waals surface area (Å²) in [6.45, 7) is 0.565. The first-order chi connectivity index (χ1) is 9.38. The summed E-state index contributed by atoms with van der Waals surface area (Å²) < 4.78 is 39.2. The maximum absolute atomic E-state index is 12.5. The Bertz CT molecular complexity index is 590. The van der Waals surface area contributed by atoms with Crippen LogP contribution in [-0.4, -0.2) is 16.3 Å². The second-order valence-corrected chi connectivity index (χ2v) is 4.42. The number of halogens is 3. The molecule has 0 atom stereocenters. The van der Waals surface area contributed by atoms with E-state index in [1.165, 1.54) is 6.07 Å². The number of aryl methyl sites for hydroxylation is 1. The standard InChI is InChI=1S/C13H15F3N4/c1-20-10(5-7-19-20)4-6-18-12-3-2-9(8-11(12)17)13(14,15)16/h2-3,5,7-8,18H,4,6,17H2,1H3. The number of nitrogens with zero attached hydrogens (tertiary/aromatic N) is 2. The molecule has 0 saturated heterocycles.